The van der Waals surface area contributed by atoms with Crippen LogP contribution >= 0.6 is 0 Å². The van der Waals surface area contributed by atoms with E-state index in [2.05, 4.69) is 20.5 Å². The van der Waals surface area contributed by atoms with E-state index in [1.807, 2.05) is 37.3 Å². The van der Waals surface area contributed by atoms with Crippen LogP contribution in [0.15, 0.2) is 39.4 Å². The summed E-state index contributed by atoms with van der Waals surface area (Å²) in [6, 6.07) is 10.0. The highest BCUT2D eigenvalue weighted by Gasteiger charge is 2.29. The average molecular weight is 380 g/mol. The summed E-state index contributed by atoms with van der Waals surface area (Å²) in [6.07, 6.45) is 2.22. The van der Waals surface area contributed by atoms with Crippen molar-refractivity contribution in [3.63, 3.8) is 0 Å². The lowest BCUT2D eigenvalue weighted by atomic mass is 10.1. The number of amides is 1. The molecule has 1 fully saturated rings. The van der Waals surface area contributed by atoms with Crippen LogP contribution in [0.1, 0.15) is 57.7 Å². The minimum atomic E-state index is -0.169. The first-order valence-corrected chi connectivity index (χ1v) is 9.51. The lowest BCUT2D eigenvalue weighted by Crippen LogP contribution is -2.22. The molecule has 2 aromatic heterocycles. The van der Waals surface area contributed by atoms with E-state index in [4.69, 9.17) is 9.05 Å². The number of aromatic nitrogens is 2. The van der Waals surface area contributed by atoms with Gasteiger partial charge in [-0.25, -0.2) is 0 Å². The van der Waals surface area contributed by atoms with E-state index in [1.165, 1.54) is 0 Å². The summed E-state index contributed by atoms with van der Waals surface area (Å²) in [5.74, 6) is 1.37. The van der Waals surface area contributed by atoms with E-state index >= 15 is 0 Å². The molecule has 1 saturated heterocycles. The first kappa shape index (κ1) is 18.4. The molecule has 3 heterocycles. The number of hydrogen-bond donors (Lipinski definition) is 1. The summed E-state index contributed by atoms with van der Waals surface area (Å²) in [6.45, 7) is 7.37. The van der Waals surface area contributed by atoms with Crippen molar-refractivity contribution >= 4 is 11.6 Å². The number of nitrogens with zero attached hydrogens (tertiary/aromatic N) is 3. The second kappa shape index (κ2) is 7.59. The molecule has 7 nitrogen and oxygen atoms in total. The molecule has 1 aliphatic rings. The largest absolute Gasteiger partial charge is 0.359 e. The number of hydrogen-bond acceptors (Lipinski definition) is 6. The molecule has 28 heavy (non-hydrogen) atoms. The Bertz CT molecular complexity index is 954. The van der Waals surface area contributed by atoms with Crippen LogP contribution < -0.4 is 5.32 Å². The maximum absolute atomic E-state index is 12.5. The molecule has 0 radical (unpaired) electrons. The van der Waals surface area contributed by atoms with E-state index < -0.39 is 0 Å². The van der Waals surface area contributed by atoms with Gasteiger partial charge in [-0.2, -0.15) is 0 Å². The van der Waals surface area contributed by atoms with Crippen LogP contribution in [-0.2, 0) is 6.54 Å². The predicted octanol–water partition coefficient (Wildman–Crippen LogP) is 4.18. The molecule has 1 atom stereocenters. The molecular weight excluding hydrogens is 356 g/mol. The van der Waals surface area contributed by atoms with Gasteiger partial charge in [-0.1, -0.05) is 22.4 Å². The summed E-state index contributed by atoms with van der Waals surface area (Å²) in [5.41, 5.74) is 3.99. The smallest absolute Gasteiger partial charge is 0.255 e. The standard InChI is InChI=1S/C21H24N4O3/c1-13-11-19(28-23-13)18-5-4-10-25(18)12-16-6-8-17(9-7-16)21(26)22-20-14(2)24-27-15(20)3/h6-9,11,18H,4-5,10,12H2,1-3H3,(H,22,26)/t18-/m1/s1. The Labute approximate surface area is 163 Å². The van der Waals surface area contributed by atoms with E-state index in [0.29, 0.717) is 22.7 Å². The maximum Gasteiger partial charge on any atom is 0.255 e. The number of carbonyl (C=O) groups excluding carboxylic acids is 1. The van der Waals surface area contributed by atoms with E-state index in [9.17, 15) is 4.79 Å². The number of benzene rings is 1. The maximum atomic E-state index is 12.5. The highest BCUT2D eigenvalue weighted by atomic mass is 16.5. The molecule has 1 amide bonds. The molecule has 1 aliphatic heterocycles. The van der Waals surface area contributed by atoms with Gasteiger partial charge in [-0.05, 0) is 57.9 Å². The molecule has 1 aromatic carbocycles. The van der Waals surface area contributed by atoms with Gasteiger partial charge in [-0.15, -0.1) is 0 Å². The summed E-state index contributed by atoms with van der Waals surface area (Å²) in [4.78, 5) is 14.9. The Morgan fingerprint density at radius 2 is 1.96 bits per heavy atom. The number of anilines is 1. The third-order valence-corrected chi connectivity index (χ3v) is 5.21. The second-order valence-corrected chi connectivity index (χ2v) is 7.35. The van der Waals surface area contributed by atoms with Crippen molar-refractivity contribution in [1.82, 2.24) is 15.2 Å². The second-order valence-electron chi connectivity index (χ2n) is 7.35. The van der Waals surface area contributed by atoms with E-state index in [1.54, 1.807) is 13.8 Å². The van der Waals surface area contributed by atoms with Crippen molar-refractivity contribution in [1.29, 1.82) is 0 Å². The van der Waals surface area contributed by atoms with Crippen molar-refractivity contribution in [3.05, 3.63) is 64.4 Å². The Kier molecular flexibility index (Phi) is 5.00. The predicted molar refractivity (Wildman–Crippen MR) is 104 cm³/mol. The zero-order valence-electron chi connectivity index (χ0n) is 16.4. The first-order chi connectivity index (χ1) is 13.5. The Balaban J connectivity index is 1.42. The van der Waals surface area contributed by atoms with Crippen LogP contribution in [0.25, 0.3) is 0 Å². The van der Waals surface area contributed by atoms with Crippen LogP contribution in [0.4, 0.5) is 5.69 Å². The van der Waals surface area contributed by atoms with E-state index in [0.717, 1.165) is 42.9 Å². The fourth-order valence-electron chi connectivity index (χ4n) is 3.72. The zero-order valence-corrected chi connectivity index (χ0v) is 16.4. The lowest BCUT2D eigenvalue weighted by molar-refractivity contribution is 0.102. The van der Waals surface area contributed by atoms with Gasteiger partial charge in [0.05, 0.1) is 11.7 Å². The molecule has 0 spiro atoms. The fourth-order valence-corrected chi connectivity index (χ4v) is 3.72. The molecule has 146 valence electrons. The minimum Gasteiger partial charge on any atom is -0.359 e. The fraction of sp³-hybridized carbons (Fsp3) is 0.381. The van der Waals surface area contributed by atoms with E-state index in [-0.39, 0.29) is 11.9 Å². The van der Waals surface area contributed by atoms with Crippen molar-refractivity contribution < 1.29 is 13.8 Å². The normalized spacial score (nSPS) is 17.2. The average Bonchev–Trinajstić information content (AvgIpc) is 3.39. The van der Waals surface area contributed by atoms with Gasteiger partial charge in [0.1, 0.15) is 11.4 Å². The van der Waals surface area contributed by atoms with Crippen molar-refractivity contribution in [2.75, 3.05) is 11.9 Å². The van der Waals surface area contributed by atoms with Crippen LogP contribution in [0.5, 0.6) is 0 Å². The zero-order chi connectivity index (χ0) is 19.7. The third-order valence-electron chi connectivity index (χ3n) is 5.21. The van der Waals surface area contributed by atoms with Crippen LogP contribution in [-0.4, -0.2) is 27.7 Å². The van der Waals surface area contributed by atoms with Gasteiger partial charge < -0.3 is 14.4 Å². The summed E-state index contributed by atoms with van der Waals surface area (Å²) in [5, 5.41) is 10.8. The van der Waals surface area contributed by atoms with Gasteiger partial charge >= 0.3 is 0 Å². The third kappa shape index (κ3) is 3.71. The molecule has 4 rings (SSSR count). The number of aryl methyl sites for hydroxylation is 3. The van der Waals surface area contributed by atoms with Gasteiger partial charge in [0.2, 0.25) is 0 Å². The van der Waals surface area contributed by atoms with Gasteiger partial charge in [0, 0.05) is 18.2 Å². The number of carbonyl (C=O) groups is 1. The Morgan fingerprint density at radius 1 is 1.18 bits per heavy atom. The molecule has 3 aromatic rings. The molecule has 7 heteroatoms. The summed E-state index contributed by atoms with van der Waals surface area (Å²) >= 11 is 0. The highest BCUT2D eigenvalue weighted by molar-refractivity contribution is 6.04. The minimum absolute atomic E-state index is 0.169. The Hall–Kier alpha value is -2.93. The summed E-state index contributed by atoms with van der Waals surface area (Å²) in [7, 11) is 0. The first-order valence-electron chi connectivity index (χ1n) is 9.51. The lowest BCUT2D eigenvalue weighted by Gasteiger charge is -2.22. The molecular formula is C21H24N4O3. The molecule has 0 saturated carbocycles. The number of nitrogens with one attached hydrogen (secondary N) is 1. The van der Waals surface area contributed by atoms with Crippen molar-refractivity contribution in [2.45, 2.75) is 46.2 Å². The molecule has 1 N–H and O–H groups in total. The quantitative estimate of drug-likeness (QED) is 0.715. The molecule has 0 unspecified atom stereocenters. The molecule has 0 aliphatic carbocycles. The van der Waals surface area contributed by atoms with Gasteiger partial charge in [-0.3, -0.25) is 9.69 Å². The summed E-state index contributed by atoms with van der Waals surface area (Å²) < 4.78 is 10.6. The monoisotopic (exact) mass is 380 g/mol. The number of rotatable bonds is 5. The van der Waals surface area contributed by atoms with Crippen molar-refractivity contribution in [3.8, 4) is 0 Å². The van der Waals surface area contributed by atoms with Crippen LogP contribution in [0.2, 0.25) is 0 Å². The molecule has 0 bridgehead atoms. The SMILES string of the molecule is Cc1cc([C@H]2CCCN2Cc2ccc(C(=O)Nc3c(C)noc3C)cc2)on1. The van der Waals surface area contributed by atoms with Crippen LogP contribution in [0, 0.1) is 20.8 Å². The van der Waals surface area contributed by atoms with Crippen LogP contribution in [0.3, 0.4) is 0 Å². The van der Waals surface area contributed by atoms with Gasteiger partial charge in [0.25, 0.3) is 5.91 Å². The Morgan fingerprint density at radius 3 is 2.61 bits per heavy atom. The number of likely N-dealkylation sites (tertiary alicyclic amines) is 1. The van der Waals surface area contributed by atoms with Gasteiger partial charge in [0.15, 0.2) is 11.5 Å². The van der Waals surface area contributed by atoms with Crippen molar-refractivity contribution in [2.24, 2.45) is 0 Å². The topological polar surface area (TPSA) is 84.4 Å². The highest BCUT2D eigenvalue weighted by Crippen LogP contribution is 2.33.